The number of rotatable bonds is 17. The Morgan fingerprint density at radius 1 is 1.02 bits per heavy atom. The van der Waals surface area contributed by atoms with E-state index in [-0.39, 0.29) is 29.0 Å². The second-order valence-electron chi connectivity index (χ2n) is 14.0. The summed E-state index contributed by atoms with van der Waals surface area (Å²) in [4.78, 5) is 29.9. The van der Waals surface area contributed by atoms with Gasteiger partial charge in [-0.2, -0.15) is 0 Å². The van der Waals surface area contributed by atoms with Crippen LogP contribution in [0.5, 0.6) is 0 Å². The Morgan fingerprint density at radius 2 is 1.64 bits per heavy atom. The van der Waals surface area contributed by atoms with E-state index in [1.165, 1.54) is 64.2 Å². The van der Waals surface area contributed by atoms with Gasteiger partial charge in [-0.3, -0.25) is 5.32 Å². The van der Waals surface area contributed by atoms with Gasteiger partial charge in [-0.25, -0.2) is 14.6 Å². The lowest BCUT2D eigenvalue weighted by molar-refractivity contribution is 0.0633. The monoisotopic (exact) mass is 587 g/mol. The predicted octanol–water partition coefficient (Wildman–Crippen LogP) is 8.31. The van der Waals surface area contributed by atoms with Gasteiger partial charge in [0.2, 0.25) is 5.96 Å². The van der Waals surface area contributed by atoms with Crippen molar-refractivity contribution in [3.05, 3.63) is 24.0 Å². The summed E-state index contributed by atoms with van der Waals surface area (Å²) in [5, 5.41) is 11.9. The number of unbranched alkanes of at least 4 members (excludes halogenated alkanes) is 8. The molecule has 3 unspecified atom stereocenters. The maximum Gasteiger partial charge on any atom is 0.407 e. The van der Waals surface area contributed by atoms with Crippen LogP contribution in [0.25, 0.3) is 0 Å². The summed E-state index contributed by atoms with van der Waals surface area (Å²) in [5.41, 5.74) is 1.32. The summed E-state index contributed by atoms with van der Waals surface area (Å²) in [6.07, 6.45) is 19.1. The zero-order valence-electron chi connectivity index (χ0n) is 27.6. The average Bonchev–Trinajstić information content (AvgIpc) is 2.88. The van der Waals surface area contributed by atoms with Crippen molar-refractivity contribution in [1.82, 2.24) is 21.3 Å². The molecule has 1 fully saturated rings. The van der Waals surface area contributed by atoms with Crippen LogP contribution in [0.2, 0.25) is 0 Å². The minimum atomic E-state index is -0.312. The molecule has 3 atom stereocenters. The minimum Gasteiger partial charge on any atom is -0.449 e. The van der Waals surface area contributed by atoms with Gasteiger partial charge in [0.15, 0.2) is 0 Å². The molecule has 1 saturated carbocycles. The molecular formula is C34H61N5O3. The van der Waals surface area contributed by atoms with Crippen LogP contribution in [-0.2, 0) is 4.74 Å². The lowest BCUT2D eigenvalue weighted by Crippen LogP contribution is -2.53. The van der Waals surface area contributed by atoms with Crippen LogP contribution < -0.4 is 21.3 Å². The number of hydrogen-bond donors (Lipinski definition) is 4. The van der Waals surface area contributed by atoms with E-state index in [0.717, 1.165) is 37.8 Å². The van der Waals surface area contributed by atoms with Crippen molar-refractivity contribution in [2.24, 2.45) is 21.7 Å². The molecule has 240 valence electrons. The fourth-order valence-corrected chi connectivity index (χ4v) is 6.84. The molecule has 1 heterocycles. The highest BCUT2D eigenvalue weighted by molar-refractivity contribution is 5.98. The van der Waals surface area contributed by atoms with Gasteiger partial charge >= 0.3 is 12.1 Å². The van der Waals surface area contributed by atoms with E-state index in [9.17, 15) is 9.59 Å². The summed E-state index contributed by atoms with van der Waals surface area (Å²) in [6, 6.07) is -0.314. The third kappa shape index (κ3) is 14.6. The first-order valence-corrected chi connectivity index (χ1v) is 16.6. The number of guanidine groups is 1. The van der Waals surface area contributed by atoms with E-state index in [1.54, 1.807) is 0 Å². The van der Waals surface area contributed by atoms with Gasteiger partial charge in [0.05, 0.1) is 6.61 Å². The van der Waals surface area contributed by atoms with E-state index in [2.05, 4.69) is 67.5 Å². The van der Waals surface area contributed by atoms with E-state index in [4.69, 9.17) is 4.74 Å². The molecular weight excluding hydrogens is 526 g/mol. The number of nitrogens with zero attached hydrogens (tertiary/aromatic N) is 1. The molecule has 8 heteroatoms. The van der Waals surface area contributed by atoms with Gasteiger partial charge in [0, 0.05) is 24.0 Å². The van der Waals surface area contributed by atoms with Gasteiger partial charge in [-0.1, -0.05) is 105 Å². The molecule has 0 spiro atoms. The second kappa shape index (κ2) is 18.2. The molecule has 0 bridgehead atoms. The standard InChI is InChI=1S/C34H61N5O3/c1-8-10-12-14-15-17-19-28(18-16-13-11-9-2)23-42-32(41)38-29-21-33(5,6)24-34(7,22-29)25-35-31(40)39-30-36-26(3)20-27(4)37-30/h20,28-29H,3,8-19,21-25H2,1-2,4-7H3,(H,38,41)(H3,35,36,37,39,40). The molecule has 0 aromatic heterocycles. The van der Waals surface area contributed by atoms with Gasteiger partial charge in [-0.15, -0.1) is 0 Å². The molecule has 42 heavy (non-hydrogen) atoms. The maximum absolute atomic E-state index is 13.0. The Labute approximate surface area is 256 Å². The quantitative estimate of drug-likeness (QED) is 0.128. The topological polar surface area (TPSA) is 104 Å². The number of carbonyl (C=O) groups excluding carboxylic acids is 2. The number of amides is 3. The first-order valence-electron chi connectivity index (χ1n) is 16.6. The smallest absolute Gasteiger partial charge is 0.407 e. The highest BCUT2D eigenvalue weighted by Gasteiger charge is 2.42. The number of hydrogen-bond acceptors (Lipinski definition) is 5. The Bertz CT molecular complexity index is 928. The molecule has 0 saturated heterocycles. The molecule has 0 radical (unpaired) electrons. The molecule has 0 aromatic carbocycles. The minimum absolute atomic E-state index is 0.00169. The largest absolute Gasteiger partial charge is 0.449 e. The van der Waals surface area contributed by atoms with Crippen molar-refractivity contribution in [1.29, 1.82) is 0 Å². The summed E-state index contributed by atoms with van der Waals surface area (Å²) < 4.78 is 5.83. The normalized spacial score (nSPS) is 22.3. The lowest BCUT2D eigenvalue weighted by Gasteiger charge is -2.46. The number of aliphatic imine (C=N–C) groups is 1. The van der Waals surface area contributed by atoms with Crippen molar-refractivity contribution < 1.29 is 14.3 Å². The third-order valence-electron chi connectivity index (χ3n) is 8.51. The van der Waals surface area contributed by atoms with Crippen molar-refractivity contribution in [3.8, 4) is 0 Å². The third-order valence-corrected chi connectivity index (χ3v) is 8.51. The maximum atomic E-state index is 13.0. The molecule has 0 aromatic rings. The molecule has 1 aliphatic heterocycles. The average molecular weight is 588 g/mol. The summed E-state index contributed by atoms with van der Waals surface area (Å²) in [5.74, 6) is 0.809. The van der Waals surface area contributed by atoms with E-state index >= 15 is 0 Å². The first-order chi connectivity index (χ1) is 19.9. The van der Waals surface area contributed by atoms with Crippen LogP contribution >= 0.6 is 0 Å². The Morgan fingerprint density at radius 3 is 2.29 bits per heavy atom. The lowest BCUT2D eigenvalue weighted by atomic mass is 9.62. The molecule has 2 rings (SSSR count). The zero-order valence-corrected chi connectivity index (χ0v) is 27.6. The van der Waals surface area contributed by atoms with Crippen molar-refractivity contribution >= 4 is 18.1 Å². The predicted molar refractivity (Wildman–Crippen MR) is 174 cm³/mol. The first kappa shape index (κ1) is 35.7. The Balaban J connectivity index is 1.84. The number of ether oxygens (including phenoxy) is 1. The van der Waals surface area contributed by atoms with Crippen LogP contribution in [0, 0.1) is 16.7 Å². The van der Waals surface area contributed by atoms with Crippen LogP contribution in [0.4, 0.5) is 9.59 Å². The SMILES string of the molecule is C=C1C=C(C)N=C(NC(=O)NCC2(C)CC(NC(=O)OCC(CCCCCC)CCCCCCCC)CC(C)(C)C2)N1. The van der Waals surface area contributed by atoms with Crippen LogP contribution in [-0.4, -0.2) is 37.3 Å². The van der Waals surface area contributed by atoms with Gasteiger partial charge in [0.25, 0.3) is 0 Å². The van der Waals surface area contributed by atoms with Gasteiger partial charge < -0.3 is 20.7 Å². The molecule has 1 aliphatic carbocycles. The van der Waals surface area contributed by atoms with Crippen molar-refractivity contribution in [2.75, 3.05) is 13.2 Å². The van der Waals surface area contributed by atoms with Crippen molar-refractivity contribution in [2.45, 2.75) is 144 Å². The number of alkyl carbamates (subject to hydrolysis) is 1. The molecule has 8 nitrogen and oxygen atoms in total. The van der Waals surface area contributed by atoms with Crippen molar-refractivity contribution in [3.63, 3.8) is 0 Å². The van der Waals surface area contributed by atoms with E-state index in [1.807, 2.05) is 13.0 Å². The highest BCUT2D eigenvalue weighted by Crippen LogP contribution is 2.45. The highest BCUT2D eigenvalue weighted by atomic mass is 16.5. The van der Waals surface area contributed by atoms with Gasteiger partial charge in [-0.05, 0) is 61.9 Å². The van der Waals surface area contributed by atoms with Crippen LogP contribution in [0.15, 0.2) is 29.0 Å². The zero-order chi connectivity index (χ0) is 31.0. The molecule has 2 aliphatic rings. The fraction of sp³-hybridized carbons (Fsp3) is 0.794. The summed E-state index contributed by atoms with van der Waals surface area (Å²) in [6.45, 7) is 17.9. The Hall–Kier alpha value is -2.51. The number of nitrogens with one attached hydrogen (secondary N) is 4. The van der Waals surface area contributed by atoms with E-state index in [0.29, 0.717) is 30.7 Å². The summed E-state index contributed by atoms with van der Waals surface area (Å²) in [7, 11) is 0. The fourth-order valence-electron chi connectivity index (χ4n) is 6.84. The number of urea groups is 1. The van der Waals surface area contributed by atoms with Crippen LogP contribution in [0.3, 0.4) is 0 Å². The molecule has 3 amide bonds. The second-order valence-corrected chi connectivity index (χ2v) is 14.0. The van der Waals surface area contributed by atoms with Crippen LogP contribution in [0.1, 0.15) is 138 Å². The summed E-state index contributed by atoms with van der Waals surface area (Å²) >= 11 is 0. The molecule has 4 N–H and O–H groups in total. The number of carbonyl (C=O) groups is 2. The van der Waals surface area contributed by atoms with Gasteiger partial charge in [0.1, 0.15) is 0 Å². The Kier molecular flexibility index (Phi) is 15.5. The number of allylic oxidation sites excluding steroid dienone is 2. The van der Waals surface area contributed by atoms with E-state index < -0.39 is 0 Å².